The second-order valence-corrected chi connectivity index (χ2v) is 5.98. The first kappa shape index (κ1) is 19.5. The number of hydrogen-bond donors (Lipinski definition) is 2. The molecule has 0 atom stereocenters. The van der Waals surface area contributed by atoms with Crippen LogP contribution in [0, 0.1) is 0 Å². The van der Waals surface area contributed by atoms with Gasteiger partial charge in [0.1, 0.15) is 0 Å². The Morgan fingerprint density at radius 1 is 1.15 bits per heavy atom. The van der Waals surface area contributed by atoms with Crippen molar-refractivity contribution in [3.8, 4) is 11.5 Å². The van der Waals surface area contributed by atoms with Crippen molar-refractivity contribution in [2.75, 3.05) is 20.8 Å². The van der Waals surface area contributed by atoms with Crippen molar-refractivity contribution in [3.05, 3.63) is 58.1 Å². The molecule has 7 nitrogen and oxygen atoms in total. The van der Waals surface area contributed by atoms with Gasteiger partial charge in [-0.3, -0.25) is 9.59 Å². The molecule has 0 saturated carbocycles. The first-order valence-electron chi connectivity index (χ1n) is 7.61. The number of methoxy groups -OCH3 is 2. The van der Waals surface area contributed by atoms with Crippen LogP contribution in [0.25, 0.3) is 0 Å². The molecule has 0 unspecified atom stereocenters. The number of para-hydroxylation sites is 1. The predicted octanol–water partition coefficient (Wildman–Crippen LogP) is 2.35. The Morgan fingerprint density at radius 2 is 1.92 bits per heavy atom. The van der Waals surface area contributed by atoms with Crippen LogP contribution in [0.4, 0.5) is 0 Å². The van der Waals surface area contributed by atoms with Gasteiger partial charge < -0.3 is 14.8 Å². The molecule has 0 aromatic heterocycles. The molecule has 0 radical (unpaired) electrons. The fourth-order valence-electron chi connectivity index (χ4n) is 2.12. The lowest BCUT2D eigenvalue weighted by atomic mass is 10.2. The number of amides is 2. The van der Waals surface area contributed by atoms with Crippen LogP contribution in [0.2, 0.25) is 0 Å². The molecule has 26 heavy (non-hydrogen) atoms. The summed E-state index contributed by atoms with van der Waals surface area (Å²) in [6.45, 7) is -0.196. The highest BCUT2D eigenvalue weighted by atomic mass is 79.9. The summed E-state index contributed by atoms with van der Waals surface area (Å²) in [6.07, 6.45) is 1.44. The molecule has 2 aromatic carbocycles. The number of benzene rings is 2. The molecular weight excluding hydrogens is 402 g/mol. The number of nitrogens with one attached hydrogen (secondary N) is 2. The molecule has 0 aliphatic heterocycles. The molecule has 0 fully saturated rings. The van der Waals surface area contributed by atoms with Gasteiger partial charge in [0, 0.05) is 15.6 Å². The Labute approximate surface area is 159 Å². The summed E-state index contributed by atoms with van der Waals surface area (Å²) in [5, 5.41) is 6.40. The monoisotopic (exact) mass is 419 g/mol. The molecule has 0 aliphatic carbocycles. The number of nitrogens with zero attached hydrogens (tertiary/aromatic N) is 1. The number of ether oxygens (including phenoxy) is 2. The van der Waals surface area contributed by atoms with Crippen molar-refractivity contribution >= 4 is 34.0 Å². The Balaban J connectivity index is 1.89. The zero-order valence-electron chi connectivity index (χ0n) is 14.3. The van der Waals surface area contributed by atoms with Gasteiger partial charge in [-0.25, -0.2) is 5.43 Å². The van der Waals surface area contributed by atoms with Crippen LogP contribution in [0.5, 0.6) is 11.5 Å². The van der Waals surface area contributed by atoms with Gasteiger partial charge >= 0.3 is 0 Å². The molecule has 8 heteroatoms. The summed E-state index contributed by atoms with van der Waals surface area (Å²) in [5.74, 6) is 0.270. The highest BCUT2D eigenvalue weighted by Crippen LogP contribution is 2.29. The average molecular weight is 420 g/mol. The normalized spacial score (nSPS) is 10.4. The molecular formula is C18H18BrN3O4. The van der Waals surface area contributed by atoms with Crippen molar-refractivity contribution < 1.29 is 19.1 Å². The molecule has 0 bridgehead atoms. The molecule has 0 saturated heterocycles. The van der Waals surface area contributed by atoms with Crippen LogP contribution in [0.1, 0.15) is 15.9 Å². The molecule has 2 aromatic rings. The van der Waals surface area contributed by atoms with Crippen molar-refractivity contribution in [1.82, 2.24) is 10.7 Å². The number of carbonyl (C=O) groups is 2. The maximum absolute atomic E-state index is 12.0. The van der Waals surface area contributed by atoms with Gasteiger partial charge in [-0.2, -0.15) is 5.10 Å². The van der Waals surface area contributed by atoms with Crippen LogP contribution in [-0.4, -0.2) is 38.8 Å². The van der Waals surface area contributed by atoms with E-state index < -0.39 is 5.91 Å². The SMILES string of the molecule is COc1cccc(/C=N/NC(=O)CNC(=O)c2cccc(Br)c2)c1OC. The fraction of sp³-hybridized carbons (Fsp3) is 0.167. The molecule has 136 valence electrons. The first-order chi connectivity index (χ1) is 12.5. The van der Waals surface area contributed by atoms with Gasteiger partial charge in [0.05, 0.1) is 27.0 Å². The van der Waals surface area contributed by atoms with Crippen LogP contribution in [0.15, 0.2) is 52.0 Å². The van der Waals surface area contributed by atoms with Crippen LogP contribution in [0.3, 0.4) is 0 Å². The summed E-state index contributed by atoms with van der Waals surface area (Å²) in [4.78, 5) is 23.8. The van der Waals surface area contributed by atoms with E-state index in [0.29, 0.717) is 22.6 Å². The van der Waals surface area contributed by atoms with E-state index in [2.05, 4.69) is 31.8 Å². The van der Waals surface area contributed by atoms with E-state index >= 15 is 0 Å². The summed E-state index contributed by atoms with van der Waals surface area (Å²) in [5.41, 5.74) is 3.45. The molecule has 2 rings (SSSR count). The summed E-state index contributed by atoms with van der Waals surface area (Å²) in [6, 6.07) is 12.2. The van der Waals surface area contributed by atoms with E-state index in [1.165, 1.54) is 20.4 Å². The van der Waals surface area contributed by atoms with E-state index in [1.807, 2.05) is 6.07 Å². The predicted molar refractivity (Wildman–Crippen MR) is 102 cm³/mol. The van der Waals surface area contributed by atoms with Gasteiger partial charge in [0.25, 0.3) is 11.8 Å². The van der Waals surface area contributed by atoms with Crippen molar-refractivity contribution in [1.29, 1.82) is 0 Å². The number of carbonyl (C=O) groups excluding carboxylic acids is 2. The Hall–Kier alpha value is -2.87. The largest absolute Gasteiger partial charge is 0.493 e. The molecule has 0 heterocycles. The van der Waals surface area contributed by atoms with Gasteiger partial charge in [-0.05, 0) is 30.3 Å². The smallest absolute Gasteiger partial charge is 0.259 e. The summed E-state index contributed by atoms with van der Waals surface area (Å²) >= 11 is 3.29. The highest BCUT2D eigenvalue weighted by Gasteiger charge is 2.09. The minimum absolute atomic E-state index is 0.196. The zero-order valence-corrected chi connectivity index (χ0v) is 15.9. The van der Waals surface area contributed by atoms with Gasteiger partial charge in [-0.1, -0.05) is 28.1 Å². The Morgan fingerprint density at radius 3 is 2.62 bits per heavy atom. The highest BCUT2D eigenvalue weighted by molar-refractivity contribution is 9.10. The zero-order chi connectivity index (χ0) is 18.9. The van der Waals surface area contributed by atoms with Crippen molar-refractivity contribution in [2.24, 2.45) is 5.10 Å². The van der Waals surface area contributed by atoms with E-state index in [4.69, 9.17) is 9.47 Å². The second kappa shape index (κ2) is 9.57. The standard InChI is InChI=1S/C18H18BrN3O4/c1-25-15-8-4-6-13(17(15)26-2)10-21-22-16(23)11-20-18(24)12-5-3-7-14(19)9-12/h3-10H,11H2,1-2H3,(H,20,24)(H,22,23)/b21-10+. The number of hydrogen-bond acceptors (Lipinski definition) is 5. The maximum atomic E-state index is 12.0. The maximum Gasteiger partial charge on any atom is 0.259 e. The number of rotatable bonds is 7. The quantitative estimate of drug-likeness (QED) is 0.532. The van der Waals surface area contributed by atoms with E-state index in [0.717, 1.165) is 4.47 Å². The topological polar surface area (TPSA) is 89.0 Å². The lowest BCUT2D eigenvalue weighted by Crippen LogP contribution is -2.34. The van der Waals surface area contributed by atoms with Crippen molar-refractivity contribution in [3.63, 3.8) is 0 Å². The third kappa shape index (κ3) is 5.32. The van der Waals surface area contributed by atoms with Crippen molar-refractivity contribution in [2.45, 2.75) is 0 Å². The molecule has 2 N–H and O–H groups in total. The minimum Gasteiger partial charge on any atom is -0.493 e. The summed E-state index contributed by atoms with van der Waals surface area (Å²) in [7, 11) is 3.06. The van der Waals surface area contributed by atoms with E-state index in [-0.39, 0.29) is 12.5 Å². The first-order valence-corrected chi connectivity index (χ1v) is 8.41. The van der Waals surface area contributed by atoms with Gasteiger partial charge in [0.15, 0.2) is 11.5 Å². The van der Waals surface area contributed by atoms with E-state index in [9.17, 15) is 9.59 Å². The summed E-state index contributed by atoms with van der Waals surface area (Å²) < 4.78 is 11.3. The lowest BCUT2D eigenvalue weighted by molar-refractivity contribution is -0.120. The average Bonchev–Trinajstić information content (AvgIpc) is 2.65. The number of hydrazone groups is 1. The Kier molecular flexibility index (Phi) is 7.16. The van der Waals surface area contributed by atoms with Crippen LogP contribution in [-0.2, 0) is 4.79 Å². The van der Waals surface area contributed by atoms with Gasteiger partial charge in [-0.15, -0.1) is 0 Å². The Bertz CT molecular complexity index is 824. The fourth-order valence-corrected chi connectivity index (χ4v) is 2.52. The second-order valence-electron chi connectivity index (χ2n) is 5.07. The van der Waals surface area contributed by atoms with Crippen LogP contribution >= 0.6 is 15.9 Å². The van der Waals surface area contributed by atoms with E-state index in [1.54, 1.807) is 36.4 Å². The third-order valence-corrected chi connectivity index (χ3v) is 3.82. The number of halogens is 1. The van der Waals surface area contributed by atoms with Crippen LogP contribution < -0.4 is 20.2 Å². The third-order valence-electron chi connectivity index (χ3n) is 3.32. The molecule has 0 aliphatic rings. The minimum atomic E-state index is -0.452. The molecule has 0 spiro atoms. The van der Waals surface area contributed by atoms with Gasteiger partial charge in [0.2, 0.25) is 0 Å². The molecule has 2 amide bonds. The lowest BCUT2D eigenvalue weighted by Gasteiger charge is -2.09.